The molecule has 1 rings (SSSR count). The van der Waals surface area contributed by atoms with Crippen molar-refractivity contribution in [3.05, 3.63) is 35.9 Å². The van der Waals surface area contributed by atoms with Crippen LogP contribution in [-0.4, -0.2) is 10.1 Å². The van der Waals surface area contributed by atoms with Crippen LogP contribution < -0.4 is 0 Å². The van der Waals surface area contributed by atoms with Gasteiger partial charge >= 0.3 is 0 Å². The summed E-state index contributed by atoms with van der Waals surface area (Å²) in [4.78, 5) is 11.4. The molecule has 0 aliphatic rings. The van der Waals surface area contributed by atoms with Gasteiger partial charge in [-0.25, -0.2) is 0 Å². The summed E-state index contributed by atoms with van der Waals surface area (Å²) in [6.45, 7) is 1.49. The lowest BCUT2D eigenvalue weighted by atomic mass is 10.1. The normalized spacial score (nSPS) is 11.3. The summed E-state index contributed by atoms with van der Waals surface area (Å²) in [6, 6.07) is 9.40. The molecule has 0 bridgehead atoms. The number of rotatable bonds is 3. The summed E-state index contributed by atoms with van der Waals surface area (Å²) in [5.41, 5.74) is 0.931. The van der Waals surface area contributed by atoms with Crippen LogP contribution in [0.5, 0.6) is 0 Å². The molecule has 0 N–H and O–H groups in total. The Kier molecular flexibility index (Phi) is 3.34. The van der Waals surface area contributed by atoms with Crippen molar-refractivity contribution in [2.75, 3.05) is 0 Å². The Labute approximate surface area is 87.7 Å². The van der Waals surface area contributed by atoms with Crippen LogP contribution >= 0.6 is 23.2 Å². The number of carbonyl (C=O) groups is 1. The number of ketones is 1. The molecule has 0 fully saturated rings. The molecule has 0 aromatic heterocycles. The van der Waals surface area contributed by atoms with E-state index in [0.717, 1.165) is 5.56 Å². The standard InChI is InChI=1S/C10H10Cl2O/c1-10(11,12)9(13)7-8-5-3-2-4-6-8/h2-6H,7H2,1H3. The zero-order chi connectivity index (χ0) is 9.90. The first-order chi connectivity index (χ1) is 6.00. The average Bonchev–Trinajstić information content (AvgIpc) is 2.04. The molecule has 3 heteroatoms. The lowest BCUT2D eigenvalue weighted by molar-refractivity contribution is -0.118. The van der Waals surface area contributed by atoms with Crippen LogP contribution in [-0.2, 0) is 11.2 Å². The van der Waals surface area contributed by atoms with Gasteiger partial charge in [0, 0.05) is 6.42 Å². The molecule has 0 aliphatic carbocycles. The molecule has 0 unspecified atom stereocenters. The van der Waals surface area contributed by atoms with Gasteiger partial charge in [-0.2, -0.15) is 0 Å². The van der Waals surface area contributed by atoms with Gasteiger partial charge in [-0.3, -0.25) is 4.79 Å². The summed E-state index contributed by atoms with van der Waals surface area (Å²) in [6.07, 6.45) is 0.282. The third kappa shape index (κ3) is 3.37. The van der Waals surface area contributed by atoms with Gasteiger partial charge in [0.2, 0.25) is 0 Å². The second kappa shape index (κ2) is 4.12. The highest BCUT2D eigenvalue weighted by Gasteiger charge is 2.26. The number of hydrogen-bond donors (Lipinski definition) is 0. The van der Waals surface area contributed by atoms with Crippen LogP contribution in [0.25, 0.3) is 0 Å². The molecular formula is C10H10Cl2O. The molecule has 0 saturated heterocycles. The van der Waals surface area contributed by atoms with Crippen LogP contribution in [0.3, 0.4) is 0 Å². The second-order valence-electron chi connectivity index (χ2n) is 2.97. The molecule has 0 saturated carbocycles. The van der Waals surface area contributed by atoms with E-state index in [0.29, 0.717) is 0 Å². The van der Waals surface area contributed by atoms with Gasteiger partial charge in [-0.1, -0.05) is 53.5 Å². The summed E-state index contributed by atoms with van der Waals surface area (Å²) >= 11 is 11.3. The van der Waals surface area contributed by atoms with Gasteiger partial charge in [0.05, 0.1) is 0 Å². The van der Waals surface area contributed by atoms with Gasteiger partial charge in [0.25, 0.3) is 0 Å². The Morgan fingerprint density at radius 2 is 1.85 bits per heavy atom. The van der Waals surface area contributed by atoms with Crippen LogP contribution in [0, 0.1) is 0 Å². The first kappa shape index (κ1) is 10.6. The van der Waals surface area contributed by atoms with Crippen LogP contribution in [0.1, 0.15) is 12.5 Å². The highest BCUT2D eigenvalue weighted by Crippen LogP contribution is 2.22. The van der Waals surface area contributed by atoms with Crippen molar-refractivity contribution < 1.29 is 4.79 Å². The largest absolute Gasteiger partial charge is 0.296 e. The maximum absolute atomic E-state index is 11.4. The number of benzene rings is 1. The third-order valence-electron chi connectivity index (χ3n) is 1.70. The molecule has 1 aromatic rings. The fourth-order valence-corrected chi connectivity index (χ4v) is 1.07. The Morgan fingerprint density at radius 1 is 1.31 bits per heavy atom. The second-order valence-corrected chi connectivity index (χ2v) is 4.68. The molecule has 0 atom stereocenters. The van der Waals surface area contributed by atoms with E-state index in [9.17, 15) is 4.79 Å². The minimum absolute atomic E-state index is 0.179. The molecule has 0 amide bonds. The topological polar surface area (TPSA) is 17.1 Å². The Balaban J connectivity index is 2.66. The van der Waals surface area contributed by atoms with Gasteiger partial charge in [-0.05, 0) is 12.5 Å². The molecular weight excluding hydrogens is 207 g/mol. The monoisotopic (exact) mass is 216 g/mol. The van der Waals surface area contributed by atoms with Crippen molar-refractivity contribution in [3.63, 3.8) is 0 Å². The number of Topliss-reactive ketones (excluding diaryl/α,β-unsaturated/α-hetero) is 1. The van der Waals surface area contributed by atoms with Crippen molar-refractivity contribution in [2.45, 2.75) is 17.7 Å². The van der Waals surface area contributed by atoms with Gasteiger partial charge < -0.3 is 0 Å². The van der Waals surface area contributed by atoms with E-state index in [-0.39, 0.29) is 12.2 Å². The molecule has 1 aromatic carbocycles. The van der Waals surface area contributed by atoms with Crippen LogP contribution in [0.2, 0.25) is 0 Å². The van der Waals surface area contributed by atoms with Crippen molar-refractivity contribution in [2.24, 2.45) is 0 Å². The lowest BCUT2D eigenvalue weighted by Gasteiger charge is -2.10. The highest BCUT2D eigenvalue weighted by molar-refractivity contribution is 6.58. The van der Waals surface area contributed by atoms with Crippen LogP contribution in [0.15, 0.2) is 30.3 Å². The fraction of sp³-hybridized carbons (Fsp3) is 0.300. The molecule has 0 radical (unpaired) electrons. The predicted molar refractivity (Wildman–Crippen MR) is 55.3 cm³/mol. The zero-order valence-corrected chi connectivity index (χ0v) is 8.77. The smallest absolute Gasteiger partial charge is 0.173 e. The Morgan fingerprint density at radius 3 is 2.31 bits per heavy atom. The van der Waals surface area contributed by atoms with Crippen molar-refractivity contribution >= 4 is 29.0 Å². The van der Waals surface area contributed by atoms with Crippen LogP contribution in [0.4, 0.5) is 0 Å². The number of alkyl halides is 2. The highest BCUT2D eigenvalue weighted by atomic mass is 35.5. The molecule has 13 heavy (non-hydrogen) atoms. The minimum Gasteiger partial charge on any atom is -0.296 e. The quantitative estimate of drug-likeness (QED) is 0.711. The van der Waals surface area contributed by atoms with E-state index in [4.69, 9.17) is 23.2 Å². The maximum Gasteiger partial charge on any atom is 0.173 e. The van der Waals surface area contributed by atoms with Crippen molar-refractivity contribution in [1.29, 1.82) is 0 Å². The summed E-state index contributed by atoms with van der Waals surface area (Å²) in [5, 5.41) is 0. The maximum atomic E-state index is 11.4. The van der Waals surface area contributed by atoms with E-state index in [1.165, 1.54) is 6.92 Å². The minimum atomic E-state index is -1.28. The third-order valence-corrected chi connectivity index (χ3v) is 2.12. The summed E-state index contributed by atoms with van der Waals surface area (Å²) < 4.78 is -1.28. The van der Waals surface area contributed by atoms with E-state index in [2.05, 4.69) is 0 Å². The molecule has 70 valence electrons. The van der Waals surface area contributed by atoms with Gasteiger partial charge in [0.1, 0.15) is 0 Å². The van der Waals surface area contributed by atoms with E-state index >= 15 is 0 Å². The van der Waals surface area contributed by atoms with Gasteiger partial charge in [-0.15, -0.1) is 0 Å². The van der Waals surface area contributed by atoms with E-state index in [1.807, 2.05) is 30.3 Å². The summed E-state index contributed by atoms with van der Waals surface area (Å²) in [5.74, 6) is -0.179. The molecule has 0 spiro atoms. The number of halogens is 2. The summed E-state index contributed by atoms with van der Waals surface area (Å²) in [7, 11) is 0. The SMILES string of the molecule is CC(Cl)(Cl)C(=O)Cc1ccccc1. The molecule has 0 aliphatic heterocycles. The average molecular weight is 217 g/mol. The van der Waals surface area contributed by atoms with E-state index < -0.39 is 4.33 Å². The first-order valence-electron chi connectivity index (χ1n) is 3.95. The zero-order valence-electron chi connectivity index (χ0n) is 7.26. The van der Waals surface area contributed by atoms with Crippen molar-refractivity contribution in [1.82, 2.24) is 0 Å². The lowest BCUT2D eigenvalue weighted by Crippen LogP contribution is -2.23. The van der Waals surface area contributed by atoms with Gasteiger partial charge in [0.15, 0.2) is 10.1 Å². The van der Waals surface area contributed by atoms with E-state index in [1.54, 1.807) is 0 Å². The van der Waals surface area contributed by atoms with Crippen molar-refractivity contribution in [3.8, 4) is 0 Å². The first-order valence-corrected chi connectivity index (χ1v) is 4.71. The number of carbonyl (C=O) groups excluding carboxylic acids is 1. The Bertz CT molecular complexity index is 288. The predicted octanol–water partition coefficient (Wildman–Crippen LogP) is 2.99. The Hall–Kier alpha value is -0.530. The fourth-order valence-electron chi connectivity index (χ4n) is 0.936. The molecule has 1 nitrogen and oxygen atoms in total. The number of hydrogen-bond acceptors (Lipinski definition) is 1. The molecule has 0 heterocycles.